The van der Waals surface area contributed by atoms with E-state index in [4.69, 9.17) is 0 Å². The molecule has 3 rings (SSSR count). The van der Waals surface area contributed by atoms with E-state index in [1.807, 2.05) is 45.0 Å². The standard InChI is InChI=1S/C26H31FN4O2/c1-17(2)24(28-25(32)19-12-10-18(3)11-13-19)26(33)31(4)14-6-9-22-16-23(30-29-22)20-7-5-8-21(27)15-20/h5,7-8,10-13,15-17,24H,6,9,14H2,1-4H3,(H,28,32)(H,29,30). The molecule has 174 valence electrons. The Hall–Kier alpha value is -3.48. The number of rotatable bonds is 9. The maximum absolute atomic E-state index is 13.4. The van der Waals surface area contributed by atoms with E-state index in [1.54, 1.807) is 30.1 Å². The number of amides is 2. The van der Waals surface area contributed by atoms with E-state index in [1.165, 1.54) is 12.1 Å². The molecule has 1 aromatic heterocycles. The van der Waals surface area contributed by atoms with Gasteiger partial charge in [0.1, 0.15) is 11.9 Å². The second-order valence-electron chi connectivity index (χ2n) is 8.71. The average molecular weight is 451 g/mol. The van der Waals surface area contributed by atoms with Gasteiger partial charge in [-0.2, -0.15) is 5.10 Å². The summed E-state index contributed by atoms with van der Waals surface area (Å²) in [6.45, 7) is 6.34. The molecule has 1 atom stereocenters. The Morgan fingerprint density at radius 3 is 2.52 bits per heavy atom. The van der Waals surface area contributed by atoms with Gasteiger partial charge in [-0.3, -0.25) is 14.7 Å². The summed E-state index contributed by atoms with van der Waals surface area (Å²) in [5, 5.41) is 10.1. The quantitative estimate of drug-likeness (QED) is 0.508. The molecular formula is C26H31FN4O2. The molecule has 3 aromatic rings. The van der Waals surface area contributed by atoms with E-state index < -0.39 is 6.04 Å². The highest BCUT2D eigenvalue weighted by molar-refractivity contribution is 5.97. The number of aromatic nitrogens is 2. The largest absolute Gasteiger partial charge is 0.344 e. The van der Waals surface area contributed by atoms with Gasteiger partial charge in [-0.1, -0.05) is 43.7 Å². The van der Waals surface area contributed by atoms with Gasteiger partial charge >= 0.3 is 0 Å². The Balaban J connectivity index is 1.54. The van der Waals surface area contributed by atoms with Gasteiger partial charge in [-0.05, 0) is 56.0 Å². The first-order chi connectivity index (χ1) is 15.7. The van der Waals surface area contributed by atoms with Gasteiger partial charge < -0.3 is 10.2 Å². The van der Waals surface area contributed by atoms with Crippen LogP contribution in [0.2, 0.25) is 0 Å². The van der Waals surface area contributed by atoms with Crippen LogP contribution in [0.15, 0.2) is 54.6 Å². The number of likely N-dealkylation sites (N-methyl/N-ethyl adjacent to an activating group) is 1. The Morgan fingerprint density at radius 2 is 1.85 bits per heavy atom. The van der Waals surface area contributed by atoms with Crippen LogP contribution in [0.1, 0.15) is 41.9 Å². The summed E-state index contributed by atoms with van der Waals surface area (Å²) in [5.74, 6) is -0.713. The minimum Gasteiger partial charge on any atom is -0.344 e. The number of hydrogen-bond acceptors (Lipinski definition) is 3. The molecule has 6 nitrogen and oxygen atoms in total. The van der Waals surface area contributed by atoms with Gasteiger partial charge in [-0.15, -0.1) is 0 Å². The van der Waals surface area contributed by atoms with Crippen LogP contribution in [-0.4, -0.2) is 46.5 Å². The first kappa shape index (κ1) is 24.2. The van der Waals surface area contributed by atoms with E-state index in [9.17, 15) is 14.0 Å². The molecule has 0 aliphatic rings. The van der Waals surface area contributed by atoms with Gasteiger partial charge in [0.15, 0.2) is 0 Å². The van der Waals surface area contributed by atoms with Crippen molar-refractivity contribution in [3.63, 3.8) is 0 Å². The minimum absolute atomic E-state index is 0.0456. The van der Waals surface area contributed by atoms with Crippen molar-refractivity contribution in [1.82, 2.24) is 20.4 Å². The fourth-order valence-corrected chi connectivity index (χ4v) is 3.58. The third-order valence-corrected chi connectivity index (χ3v) is 5.60. The van der Waals surface area contributed by atoms with Crippen LogP contribution in [-0.2, 0) is 11.2 Å². The van der Waals surface area contributed by atoms with E-state index in [0.29, 0.717) is 29.8 Å². The van der Waals surface area contributed by atoms with Crippen molar-refractivity contribution in [2.75, 3.05) is 13.6 Å². The predicted octanol–water partition coefficient (Wildman–Crippen LogP) is 4.37. The summed E-state index contributed by atoms with van der Waals surface area (Å²) in [6.07, 6.45) is 1.42. The van der Waals surface area contributed by atoms with E-state index >= 15 is 0 Å². The van der Waals surface area contributed by atoms with Crippen LogP contribution >= 0.6 is 0 Å². The monoisotopic (exact) mass is 450 g/mol. The molecule has 0 fully saturated rings. The van der Waals surface area contributed by atoms with Crippen molar-refractivity contribution in [1.29, 1.82) is 0 Å². The van der Waals surface area contributed by atoms with Crippen molar-refractivity contribution in [3.8, 4) is 11.3 Å². The Kier molecular flexibility index (Phi) is 7.98. The molecule has 2 N–H and O–H groups in total. The number of nitrogens with zero attached hydrogens (tertiary/aromatic N) is 2. The molecule has 1 unspecified atom stereocenters. The zero-order valence-electron chi connectivity index (χ0n) is 19.6. The van der Waals surface area contributed by atoms with Crippen LogP contribution in [0, 0.1) is 18.7 Å². The number of halogens is 1. The first-order valence-electron chi connectivity index (χ1n) is 11.2. The molecule has 0 saturated carbocycles. The second-order valence-corrected chi connectivity index (χ2v) is 8.71. The third kappa shape index (κ3) is 6.51. The molecule has 0 bridgehead atoms. The topological polar surface area (TPSA) is 78.1 Å². The maximum atomic E-state index is 13.4. The average Bonchev–Trinajstić information content (AvgIpc) is 3.26. The number of benzene rings is 2. The smallest absolute Gasteiger partial charge is 0.251 e. The van der Waals surface area contributed by atoms with Crippen LogP contribution in [0.3, 0.4) is 0 Å². The van der Waals surface area contributed by atoms with Gasteiger partial charge in [-0.25, -0.2) is 4.39 Å². The van der Waals surface area contributed by atoms with E-state index in [0.717, 1.165) is 17.7 Å². The van der Waals surface area contributed by atoms with Crippen molar-refractivity contribution < 1.29 is 14.0 Å². The van der Waals surface area contributed by atoms with Crippen molar-refractivity contribution in [3.05, 3.63) is 77.2 Å². The highest BCUT2D eigenvalue weighted by Gasteiger charge is 2.27. The summed E-state index contributed by atoms with van der Waals surface area (Å²) in [6, 6.07) is 14.9. The van der Waals surface area contributed by atoms with Crippen molar-refractivity contribution >= 4 is 11.8 Å². The van der Waals surface area contributed by atoms with Gasteiger partial charge in [0.2, 0.25) is 5.91 Å². The maximum Gasteiger partial charge on any atom is 0.251 e. The summed E-state index contributed by atoms with van der Waals surface area (Å²) in [5.41, 5.74) is 3.93. The number of aromatic amines is 1. The molecule has 2 amide bonds. The SMILES string of the molecule is Cc1ccc(C(=O)NC(C(=O)N(C)CCCc2cc(-c3cccc(F)c3)n[nH]2)C(C)C)cc1. The second kappa shape index (κ2) is 10.9. The van der Waals surface area contributed by atoms with E-state index in [-0.39, 0.29) is 23.5 Å². The van der Waals surface area contributed by atoms with Crippen LogP contribution in [0.5, 0.6) is 0 Å². The molecule has 2 aromatic carbocycles. The Morgan fingerprint density at radius 1 is 1.12 bits per heavy atom. The number of H-pyrrole nitrogens is 1. The molecule has 0 radical (unpaired) electrons. The first-order valence-corrected chi connectivity index (χ1v) is 11.2. The predicted molar refractivity (Wildman–Crippen MR) is 127 cm³/mol. The number of carbonyl (C=O) groups excluding carboxylic acids is 2. The fraction of sp³-hybridized carbons (Fsp3) is 0.346. The molecule has 0 spiro atoms. The summed E-state index contributed by atoms with van der Waals surface area (Å²) >= 11 is 0. The number of aryl methyl sites for hydroxylation is 2. The summed E-state index contributed by atoms with van der Waals surface area (Å²) in [4.78, 5) is 27.3. The lowest BCUT2D eigenvalue weighted by molar-refractivity contribution is -0.133. The van der Waals surface area contributed by atoms with Gasteiger partial charge in [0.05, 0.1) is 5.69 Å². The zero-order chi connectivity index (χ0) is 24.0. The number of nitrogens with one attached hydrogen (secondary N) is 2. The Labute approximate surface area is 194 Å². The molecule has 0 aliphatic carbocycles. The third-order valence-electron chi connectivity index (χ3n) is 5.60. The number of carbonyl (C=O) groups is 2. The lowest BCUT2D eigenvalue weighted by Gasteiger charge is -2.27. The molecule has 0 saturated heterocycles. The molecule has 7 heteroatoms. The van der Waals surface area contributed by atoms with Crippen molar-refractivity contribution in [2.45, 2.75) is 39.7 Å². The number of hydrogen-bond donors (Lipinski definition) is 2. The molecular weight excluding hydrogens is 419 g/mol. The van der Waals surface area contributed by atoms with Crippen LogP contribution in [0.4, 0.5) is 4.39 Å². The lowest BCUT2D eigenvalue weighted by Crippen LogP contribution is -2.50. The van der Waals surface area contributed by atoms with Crippen LogP contribution < -0.4 is 5.32 Å². The summed E-state index contributed by atoms with van der Waals surface area (Å²) < 4.78 is 13.4. The molecule has 0 aliphatic heterocycles. The molecule has 1 heterocycles. The molecule has 33 heavy (non-hydrogen) atoms. The van der Waals surface area contributed by atoms with Gasteiger partial charge in [0.25, 0.3) is 5.91 Å². The minimum atomic E-state index is -0.601. The fourth-order valence-electron chi connectivity index (χ4n) is 3.58. The lowest BCUT2D eigenvalue weighted by atomic mass is 10.0. The highest BCUT2D eigenvalue weighted by Crippen LogP contribution is 2.19. The normalized spacial score (nSPS) is 11.9. The Bertz CT molecular complexity index is 1090. The summed E-state index contributed by atoms with van der Waals surface area (Å²) in [7, 11) is 1.75. The van der Waals surface area contributed by atoms with Crippen LogP contribution in [0.25, 0.3) is 11.3 Å². The highest BCUT2D eigenvalue weighted by atomic mass is 19.1. The van der Waals surface area contributed by atoms with E-state index in [2.05, 4.69) is 15.5 Å². The van der Waals surface area contributed by atoms with Crippen molar-refractivity contribution in [2.24, 2.45) is 5.92 Å². The zero-order valence-corrected chi connectivity index (χ0v) is 19.6. The van der Waals surface area contributed by atoms with Gasteiger partial charge in [0, 0.05) is 30.4 Å².